The van der Waals surface area contributed by atoms with Crippen molar-refractivity contribution in [3.63, 3.8) is 0 Å². The number of phenols is 2. The molecule has 0 aliphatic heterocycles. The van der Waals surface area contributed by atoms with Gasteiger partial charge in [-0.2, -0.15) is 13.2 Å². The van der Waals surface area contributed by atoms with Crippen molar-refractivity contribution in [3.05, 3.63) is 23.3 Å². The fourth-order valence-corrected chi connectivity index (χ4v) is 1.40. The molecule has 0 saturated heterocycles. The number of rotatable bonds is 1. The Hall–Kier alpha value is -1.39. The van der Waals surface area contributed by atoms with E-state index in [9.17, 15) is 18.3 Å². The van der Waals surface area contributed by atoms with E-state index in [4.69, 9.17) is 5.11 Å². The molecule has 0 unspecified atom stereocenters. The molecule has 2 N–H and O–H groups in total. The SMILES string of the molecule is CC(C)c1cc(O)cc(O)c1C(F)(F)F. The topological polar surface area (TPSA) is 40.5 Å². The average molecular weight is 220 g/mol. The summed E-state index contributed by atoms with van der Waals surface area (Å²) in [7, 11) is 0. The first kappa shape index (κ1) is 11.7. The summed E-state index contributed by atoms with van der Waals surface area (Å²) < 4.78 is 37.7. The van der Waals surface area contributed by atoms with E-state index in [2.05, 4.69) is 0 Å². The van der Waals surface area contributed by atoms with Crippen LogP contribution in [0, 0.1) is 0 Å². The van der Waals surface area contributed by atoms with E-state index in [1.165, 1.54) is 0 Å². The average Bonchev–Trinajstić information content (AvgIpc) is 1.99. The van der Waals surface area contributed by atoms with Gasteiger partial charge in [0, 0.05) is 6.07 Å². The van der Waals surface area contributed by atoms with Gasteiger partial charge in [-0.1, -0.05) is 13.8 Å². The molecule has 1 aromatic rings. The lowest BCUT2D eigenvalue weighted by atomic mass is 9.95. The fourth-order valence-electron chi connectivity index (χ4n) is 1.40. The summed E-state index contributed by atoms with van der Waals surface area (Å²) >= 11 is 0. The first-order chi connectivity index (χ1) is 6.73. The van der Waals surface area contributed by atoms with Gasteiger partial charge in [0.15, 0.2) is 0 Å². The maximum Gasteiger partial charge on any atom is 0.420 e. The lowest BCUT2D eigenvalue weighted by Gasteiger charge is -2.17. The lowest BCUT2D eigenvalue weighted by Crippen LogP contribution is -2.10. The van der Waals surface area contributed by atoms with Gasteiger partial charge in [-0.15, -0.1) is 0 Å². The minimum absolute atomic E-state index is 0.111. The van der Waals surface area contributed by atoms with Gasteiger partial charge in [0.2, 0.25) is 0 Å². The van der Waals surface area contributed by atoms with Gasteiger partial charge in [-0.25, -0.2) is 0 Å². The summed E-state index contributed by atoms with van der Waals surface area (Å²) in [5.74, 6) is -1.74. The molecule has 5 heteroatoms. The third-order valence-electron chi connectivity index (χ3n) is 2.04. The Bertz CT molecular complexity index is 370. The van der Waals surface area contributed by atoms with Gasteiger partial charge < -0.3 is 10.2 Å². The number of benzene rings is 1. The fraction of sp³-hybridized carbons (Fsp3) is 0.400. The van der Waals surface area contributed by atoms with Crippen LogP contribution in [0.1, 0.15) is 30.9 Å². The number of alkyl halides is 3. The molecule has 0 fully saturated rings. The molecule has 0 radical (unpaired) electrons. The Kier molecular flexibility index (Phi) is 2.83. The minimum atomic E-state index is -4.61. The van der Waals surface area contributed by atoms with Crippen LogP contribution in [0.15, 0.2) is 12.1 Å². The molecule has 1 aromatic carbocycles. The van der Waals surface area contributed by atoms with E-state index in [-0.39, 0.29) is 11.3 Å². The van der Waals surface area contributed by atoms with Crippen LogP contribution in [0.4, 0.5) is 13.2 Å². The van der Waals surface area contributed by atoms with Crippen molar-refractivity contribution in [1.29, 1.82) is 0 Å². The van der Waals surface area contributed by atoms with Crippen molar-refractivity contribution in [2.45, 2.75) is 25.9 Å². The molecule has 0 heterocycles. The molecule has 0 aromatic heterocycles. The molecule has 2 nitrogen and oxygen atoms in total. The van der Waals surface area contributed by atoms with Crippen molar-refractivity contribution in [1.82, 2.24) is 0 Å². The Morgan fingerprint density at radius 2 is 1.67 bits per heavy atom. The Morgan fingerprint density at radius 3 is 2.07 bits per heavy atom. The van der Waals surface area contributed by atoms with Gasteiger partial charge >= 0.3 is 6.18 Å². The second kappa shape index (κ2) is 3.64. The summed E-state index contributed by atoms with van der Waals surface area (Å²) in [6, 6.07) is 1.71. The van der Waals surface area contributed by atoms with Crippen LogP contribution in [0.3, 0.4) is 0 Å². The Morgan fingerprint density at radius 1 is 1.13 bits per heavy atom. The van der Waals surface area contributed by atoms with E-state index in [1.807, 2.05) is 0 Å². The highest BCUT2D eigenvalue weighted by Gasteiger charge is 2.37. The van der Waals surface area contributed by atoms with Crippen molar-refractivity contribution in [2.75, 3.05) is 0 Å². The summed E-state index contributed by atoms with van der Waals surface area (Å²) in [6.45, 7) is 3.12. The molecule has 0 saturated carbocycles. The van der Waals surface area contributed by atoms with Crippen molar-refractivity contribution in [3.8, 4) is 11.5 Å². The summed E-state index contributed by atoms with van der Waals surface area (Å²) in [4.78, 5) is 0. The van der Waals surface area contributed by atoms with Gasteiger partial charge in [-0.05, 0) is 17.5 Å². The third kappa shape index (κ3) is 2.34. The quantitative estimate of drug-likeness (QED) is 0.762. The number of halogens is 3. The second-order valence-corrected chi connectivity index (χ2v) is 3.58. The largest absolute Gasteiger partial charge is 0.508 e. The Labute approximate surface area is 85.0 Å². The highest BCUT2D eigenvalue weighted by Crippen LogP contribution is 2.42. The van der Waals surface area contributed by atoms with E-state index < -0.39 is 23.4 Å². The van der Waals surface area contributed by atoms with Crippen molar-refractivity contribution in [2.24, 2.45) is 0 Å². The Balaban J connectivity index is 3.48. The third-order valence-corrected chi connectivity index (χ3v) is 2.04. The van der Waals surface area contributed by atoms with Crippen LogP contribution in [0.2, 0.25) is 0 Å². The molecule has 0 atom stereocenters. The van der Waals surface area contributed by atoms with Crippen molar-refractivity contribution >= 4 is 0 Å². The lowest BCUT2D eigenvalue weighted by molar-refractivity contribution is -0.139. The summed E-state index contributed by atoms with van der Waals surface area (Å²) in [5, 5.41) is 18.3. The zero-order valence-corrected chi connectivity index (χ0v) is 8.26. The highest BCUT2D eigenvalue weighted by molar-refractivity contribution is 5.48. The predicted octanol–water partition coefficient (Wildman–Crippen LogP) is 3.24. The van der Waals surface area contributed by atoms with Crippen LogP contribution in [-0.2, 0) is 6.18 Å². The predicted molar refractivity (Wildman–Crippen MR) is 48.9 cm³/mol. The molecule has 84 valence electrons. The zero-order valence-electron chi connectivity index (χ0n) is 8.26. The van der Waals surface area contributed by atoms with Gasteiger partial charge in [-0.3, -0.25) is 0 Å². The smallest absolute Gasteiger partial charge is 0.420 e. The molecule has 1 rings (SSSR count). The summed E-state index contributed by atoms with van der Waals surface area (Å²) in [5.41, 5.74) is -1.18. The monoisotopic (exact) mass is 220 g/mol. The molecule has 0 aliphatic rings. The number of hydrogen-bond donors (Lipinski definition) is 2. The van der Waals surface area contributed by atoms with Gasteiger partial charge in [0.1, 0.15) is 17.1 Å². The van der Waals surface area contributed by atoms with Gasteiger partial charge in [0.05, 0.1) is 0 Å². The molecule has 0 bridgehead atoms. The highest BCUT2D eigenvalue weighted by atomic mass is 19.4. The number of phenolic OH excluding ortho intramolecular Hbond substituents is 2. The number of hydrogen-bond acceptors (Lipinski definition) is 2. The maximum absolute atomic E-state index is 12.6. The van der Waals surface area contributed by atoms with Gasteiger partial charge in [0.25, 0.3) is 0 Å². The van der Waals surface area contributed by atoms with Crippen LogP contribution >= 0.6 is 0 Å². The molecular weight excluding hydrogens is 209 g/mol. The first-order valence-corrected chi connectivity index (χ1v) is 4.36. The van der Waals surface area contributed by atoms with Crippen LogP contribution in [-0.4, -0.2) is 10.2 Å². The van der Waals surface area contributed by atoms with Crippen molar-refractivity contribution < 1.29 is 23.4 Å². The summed E-state index contributed by atoms with van der Waals surface area (Å²) in [6.07, 6.45) is -4.61. The molecule has 0 amide bonds. The molecular formula is C10H11F3O2. The second-order valence-electron chi connectivity index (χ2n) is 3.58. The standard InChI is InChI=1S/C10H11F3O2/c1-5(2)7-3-6(14)4-8(15)9(7)10(11,12)13/h3-5,14-15H,1-2H3. The molecule has 0 spiro atoms. The minimum Gasteiger partial charge on any atom is -0.508 e. The molecule has 15 heavy (non-hydrogen) atoms. The first-order valence-electron chi connectivity index (χ1n) is 4.36. The van der Waals surface area contributed by atoms with Crippen LogP contribution in [0.25, 0.3) is 0 Å². The normalized spacial score (nSPS) is 12.1. The maximum atomic E-state index is 12.6. The van der Waals surface area contributed by atoms with E-state index in [1.54, 1.807) is 13.8 Å². The molecule has 0 aliphatic carbocycles. The van der Waals surface area contributed by atoms with Crippen LogP contribution < -0.4 is 0 Å². The van der Waals surface area contributed by atoms with E-state index in [0.717, 1.165) is 6.07 Å². The van der Waals surface area contributed by atoms with Crippen LogP contribution in [0.5, 0.6) is 11.5 Å². The zero-order chi connectivity index (χ0) is 11.8. The van der Waals surface area contributed by atoms with E-state index in [0.29, 0.717) is 6.07 Å². The number of aromatic hydroxyl groups is 2. The van der Waals surface area contributed by atoms with E-state index >= 15 is 0 Å².